The minimum atomic E-state index is -0.394. The fourth-order valence-electron chi connectivity index (χ4n) is 1.21. The van der Waals surface area contributed by atoms with Crippen molar-refractivity contribution in [2.45, 2.75) is 19.3 Å². The van der Waals surface area contributed by atoms with E-state index in [2.05, 4.69) is 17.4 Å². The van der Waals surface area contributed by atoms with E-state index in [4.69, 9.17) is 26.8 Å². The molecule has 0 aromatic heterocycles. The van der Waals surface area contributed by atoms with E-state index in [1.54, 1.807) is 0 Å². The van der Waals surface area contributed by atoms with Crippen molar-refractivity contribution in [3.05, 3.63) is 24.5 Å². The molecule has 0 atom stereocenters. The number of hydrogen-bond donors (Lipinski definition) is 1. The van der Waals surface area contributed by atoms with Gasteiger partial charge in [-0.3, -0.25) is 0 Å². The number of rotatable bonds is 6. The normalized spacial score (nSPS) is 12.6. The number of carbonyl (C=O) groups is 1. The quantitative estimate of drug-likeness (QED) is 0.456. The van der Waals surface area contributed by atoms with Gasteiger partial charge in [-0.05, 0) is 31.1 Å². The summed E-state index contributed by atoms with van der Waals surface area (Å²) in [4.78, 5) is 9.84. The van der Waals surface area contributed by atoms with Crippen LogP contribution in [-0.2, 0) is 19.0 Å². The fraction of sp³-hybridized carbons (Fsp3) is 0.538. The molecule has 0 aromatic rings. The lowest BCUT2D eigenvalue weighted by Crippen LogP contribution is -2.12. The topological polar surface area (TPSA) is 65.0 Å². The molecule has 0 bridgehead atoms. The Morgan fingerprint density at radius 2 is 2.37 bits per heavy atom. The number of aliphatic hydroxyl groups is 1. The van der Waals surface area contributed by atoms with Crippen LogP contribution in [0.3, 0.4) is 0 Å². The van der Waals surface area contributed by atoms with Gasteiger partial charge in [0.1, 0.15) is 6.61 Å². The Balaban J connectivity index is 0.000000459. The van der Waals surface area contributed by atoms with Gasteiger partial charge < -0.3 is 19.3 Å². The van der Waals surface area contributed by atoms with Crippen molar-refractivity contribution in [2.75, 3.05) is 26.9 Å². The van der Waals surface area contributed by atoms with Gasteiger partial charge in [0.25, 0.3) is 0 Å². The highest BCUT2D eigenvalue weighted by Crippen LogP contribution is 2.18. The largest absolute Gasteiger partial charge is 0.489 e. The second-order valence-electron chi connectivity index (χ2n) is 3.52. The average Bonchev–Trinajstić information content (AvgIpc) is 2.95. The number of methoxy groups -OCH3 is 1. The molecule has 1 aliphatic rings. The van der Waals surface area contributed by atoms with Gasteiger partial charge in [-0.2, -0.15) is 0 Å². The van der Waals surface area contributed by atoms with Crippen molar-refractivity contribution in [1.29, 1.82) is 0 Å². The average molecular weight is 288 g/mol. The molecule has 6 heteroatoms. The number of thiocarbonyl (C=S) groups is 1. The van der Waals surface area contributed by atoms with E-state index in [0.717, 1.165) is 24.7 Å². The summed E-state index contributed by atoms with van der Waals surface area (Å²) in [6, 6.07) is 0. The monoisotopic (exact) mass is 288 g/mol. The molecule has 5 nitrogen and oxygen atoms in total. The van der Waals surface area contributed by atoms with Crippen LogP contribution >= 0.6 is 12.2 Å². The first kappa shape index (κ1) is 17.6. The van der Waals surface area contributed by atoms with Gasteiger partial charge >= 0.3 is 5.97 Å². The van der Waals surface area contributed by atoms with Gasteiger partial charge in [-0.15, -0.1) is 0 Å². The van der Waals surface area contributed by atoms with Crippen LogP contribution in [0.2, 0.25) is 0 Å². The van der Waals surface area contributed by atoms with E-state index in [1.807, 2.05) is 0 Å². The molecular weight excluding hydrogens is 268 g/mol. The zero-order chi connectivity index (χ0) is 14.5. The Hall–Kier alpha value is -1.40. The molecule has 0 amide bonds. The van der Waals surface area contributed by atoms with Crippen molar-refractivity contribution in [3.8, 4) is 0 Å². The third-order valence-electron chi connectivity index (χ3n) is 2.10. The fourth-order valence-corrected chi connectivity index (χ4v) is 1.35. The molecule has 0 saturated carbocycles. The molecule has 0 spiro atoms. The molecule has 0 saturated heterocycles. The number of aliphatic hydroxyl groups excluding tert-OH is 1. The van der Waals surface area contributed by atoms with E-state index < -0.39 is 5.97 Å². The zero-order valence-electron chi connectivity index (χ0n) is 11.1. The summed E-state index contributed by atoms with van der Waals surface area (Å²) in [6.07, 6.45) is 6.45. The van der Waals surface area contributed by atoms with E-state index in [-0.39, 0.29) is 13.2 Å². The minimum absolute atomic E-state index is 0.0111. The summed E-state index contributed by atoms with van der Waals surface area (Å²) in [5.41, 5.74) is 0. The van der Waals surface area contributed by atoms with Gasteiger partial charge in [0.05, 0.1) is 19.5 Å². The Kier molecular flexibility index (Phi) is 10.8. The van der Waals surface area contributed by atoms with Gasteiger partial charge in [-0.1, -0.05) is 6.58 Å². The molecule has 1 aliphatic carbocycles. The number of allylic oxidation sites excluding steroid dienone is 2. The Bertz CT molecular complexity index is 325. The second kappa shape index (κ2) is 11.7. The van der Waals surface area contributed by atoms with Crippen molar-refractivity contribution in [1.82, 2.24) is 0 Å². The van der Waals surface area contributed by atoms with Crippen LogP contribution in [0, 0.1) is 0 Å². The van der Waals surface area contributed by atoms with E-state index in [0.29, 0.717) is 11.7 Å². The number of esters is 1. The summed E-state index contributed by atoms with van der Waals surface area (Å²) < 4.78 is 14.5. The van der Waals surface area contributed by atoms with Crippen LogP contribution in [0.1, 0.15) is 19.3 Å². The third-order valence-corrected chi connectivity index (χ3v) is 2.33. The van der Waals surface area contributed by atoms with Crippen LogP contribution in [0.25, 0.3) is 0 Å². The van der Waals surface area contributed by atoms with Crippen LogP contribution < -0.4 is 0 Å². The number of ether oxygens (including phenoxy) is 3. The smallest absolute Gasteiger partial charge is 0.329 e. The predicted octanol–water partition coefficient (Wildman–Crippen LogP) is 1.75. The molecular formula is C13H20O5S. The number of carbonyl (C=O) groups excluding carboxylic acids is 1. The van der Waals surface area contributed by atoms with Crippen molar-refractivity contribution < 1.29 is 24.1 Å². The summed E-state index contributed by atoms with van der Waals surface area (Å²) in [5.74, 6) is 0.616. The lowest BCUT2D eigenvalue weighted by atomic mass is 10.4. The number of hydrogen-bond acceptors (Lipinski definition) is 6. The first-order chi connectivity index (χ1) is 9.13. The standard InChI is InChI=1S/C9H14O3S.C4H6O2/c10-5-6-11-9(13)7-12-8-3-1-2-4-8;1-3-4(5)6-2/h3,10H,1-2,4-7H2;3H,1H2,2H3. The Labute approximate surface area is 118 Å². The summed E-state index contributed by atoms with van der Waals surface area (Å²) in [5, 5.41) is 8.86. The maximum atomic E-state index is 9.84. The summed E-state index contributed by atoms with van der Waals surface area (Å²) >= 11 is 4.87. The van der Waals surface area contributed by atoms with E-state index >= 15 is 0 Å². The first-order valence-electron chi connectivity index (χ1n) is 5.92. The van der Waals surface area contributed by atoms with Gasteiger partial charge in [0.2, 0.25) is 0 Å². The second-order valence-corrected chi connectivity index (χ2v) is 3.98. The Morgan fingerprint density at radius 1 is 1.63 bits per heavy atom. The van der Waals surface area contributed by atoms with Crippen LogP contribution in [0.15, 0.2) is 24.5 Å². The van der Waals surface area contributed by atoms with Gasteiger partial charge in [0.15, 0.2) is 11.7 Å². The SMILES string of the molecule is C=CC(=O)OC.OCCOC(=S)COC1=CCCC1. The van der Waals surface area contributed by atoms with Crippen molar-refractivity contribution >= 4 is 23.2 Å². The van der Waals surface area contributed by atoms with Crippen molar-refractivity contribution in [2.24, 2.45) is 0 Å². The van der Waals surface area contributed by atoms with Gasteiger partial charge in [0, 0.05) is 12.5 Å². The summed E-state index contributed by atoms with van der Waals surface area (Å²) in [6.45, 7) is 3.72. The van der Waals surface area contributed by atoms with E-state index in [9.17, 15) is 4.79 Å². The van der Waals surface area contributed by atoms with Crippen molar-refractivity contribution in [3.63, 3.8) is 0 Å². The third kappa shape index (κ3) is 10.2. The van der Waals surface area contributed by atoms with Gasteiger partial charge in [-0.25, -0.2) is 4.79 Å². The van der Waals surface area contributed by atoms with Crippen LogP contribution in [0.4, 0.5) is 0 Å². The zero-order valence-corrected chi connectivity index (χ0v) is 11.9. The van der Waals surface area contributed by atoms with Crippen LogP contribution in [0.5, 0.6) is 0 Å². The lowest BCUT2D eigenvalue weighted by molar-refractivity contribution is -0.134. The maximum absolute atomic E-state index is 9.84. The Morgan fingerprint density at radius 3 is 2.79 bits per heavy atom. The van der Waals surface area contributed by atoms with E-state index in [1.165, 1.54) is 13.5 Å². The highest BCUT2D eigenvalue weighted by Gasteiger charge is 2.06. The predicted molar refractivity (Wildman–Crippen MR) is 75.7 cm³/mol. The molecule has 108 valence electrons. The lowest BCUT2D eigenvalue weighted by Gasteiger charge is -2.08. The molecule has 19 heavy (non-hydrogen) atoms. The molecule has 0 radical (unpaired) electrons. The maximum Gasteiger partial charge on any atom is 0.329 e. The van der Waals surface area contributed by atoms with Crippen LogP contribution in [-0.4, -0.2) is 43.1 Å². The molecule has 0 aliphatic heterocycles. The molecule has 0 unspecified atom stereocenters. The summed E-state index contributed by atoms with van der Waals surface area (Å²) in [7, 11) is 1.31. The molecule has 1 N–H and O–H groups in total. The minimum Gasteiger partial charge on any atom is -0.489 e. The highest BCUT2D eigenvalue weighted by atomic mass is 32.1. The molecule has 1 rings (SSSR count). The molecule has 0 heterocycles. The molecule has 0 aromatic carbocycles. The highest BCUT2D eigenvalue weighted by molar-refractivity contribution is 7.80. The molecule has 0 fully saturated rings. The first-order valence-corrected chi connectivity index (χ1v) is 6.33.